The molecule has 3 N–H and O–H groups in total. The number of anilines is 1. The van der Waals surface area contributed by atoms with Gasteiger partial charge in [-0.2, -0.15) is 0 Å². The van der Waals surface area contributed by atoms with Gasteiger partial charge in [0.05, 0.1) is 4.90 Å². The Bertz CT molecular complexity index is 718. The first-order valence-corrected chi connectivity index (χ1v) is 7.32. The van der Waals surface area contributed by atoms with Crippen molar-refractivity contribution in [2.75, 3.05) is 5.73 Å². The van der Waals surface area contributed by atoms with Crippen LogP contribution < -0.4 is 10.5 Å². The van der Waals surface area contributed by atoms with Crippen molar-refractivity contribution < 1.29 is 12.8 Å². The molecule has 0 bridgehead atoms. The monoisotopic (exact) mass is 295 g/mol. The number of rotatable bonds is 4. The molecule has 106 valence electrons. The minimum atomic E-state index is -3.82. The zero-order valence-corrected chi connectivity index (χ0v) is 11.6. The lowest BCUT2D eigenvalue weighted by atomic mass is 10.2. The van der Waals surface area contributed by atoms with Crippen molar-refractivity contribution in [3.63, 3.8) is 0 Å². The average Bonchev–Trinajstić information content (AvgIpc) is 2.42. The number of benzene rings is 1. The lowest BCUT2D eigenvalue weighted by Crippen LogP contribution is -2.24. The van der Waals surface area contributed by atoms with E-state index in [1.54, 1.807) is 24.5 Å². The third kappa shape index (κ3) is 3.12. The molecule has 0 radical (unpaired) electrons. The van der Waals surface area contributed by atoms with Gasteiger partial charge < -0.3 is 5.73 Å². The summed E-state index contributed by atoms with van der Waals surface area (Å²) in [5.41, 5.74) is 6.36. The number of sulfonamides is 1. The fourth-order valence-electron chi connectivity index (χ4n) is 1.71. The zero-order valence-electron chi connectivity index (χ0n) is 10.8. The summed E-state index contributed by atoms with van der Waals surface area (Å²) in [6.45, 7) is 1.50. The third-order valence-electron chi connectivity index (χ3n) is 2.82. The Labute approximate surface area is 116 Å². The highest BCUT2D eigenvalue weighted by molar-refractivity contribution is 7.89. The number of halogens is 1. The van der Waals surface area contributed by atoms with E-state index in [2.05, 4.69) is 9.71 Å². The summed E-state index contributed by atoms with van der Waals surface area (Å²) in [7, 11) is -3.82. The largest absolute Gasteiger partial charge is 0.399 e. The minimum Gasteiger partial charge on any atom is -0.399 e. The van der Waals surface area contributed by atoms with E-state index in [0.29, 0.717) is 0 Å². The topological polar surface area (TPSA) is 85.1 Å². The van der Waals surface area contributed by atoms with Crippen LogP contribution in [0.5, 0.6) is 0 Å². The van der Waals surface area contributed by atoms with Gasteiger partial charge in [0.2, 0.25) is 10.0 Å². The Balaban J connectivity index is 2.27. The van der Waals surface area contributed by atoms with Crippen LogP contribution in [0.4, 0.5) is 10.1 Å². The predicted octanol–water partition coefficient (Wildman–Crippen LogP) is 1.59. The number of aromatic nitrogens is 1. The highest BCUT2D eigenvalue weighted by atomic mass is 32.2. The fourth-order valence-corrected chi connectivity index (χ4v) is 3.01. The minimum absolute atomic E-state index is 0.0430. The van der Waals surface area contributed by atoms with Crippen LogP contribution in [0.25, 0.3) is 0 Å². The van der Waals surface area contributed by atoms with Crippen LogP contribution in [0, 0.1) is 12.7 Å². The first-order valence-electron chi connectivity index (χ1n) is 5.84. The molecule has 0 unspecified atom stereocenters. The number of hydrogen-bond donors (Lipinski definition) is 2. The van der Waals surface area contributed by atoms with Gasteiger partial charge in [-0.3, -0.25) is 4.98 Å². The number of nitrogens with one attached hydrogen (secondary N) is 1. The molecule has 0 saturated carbocycles. The number of nitrogens with two attached hydrogens (primary N) is 1. The van der Waals surface area contributed by atoms with E-state index >= 15 is 0 Å². The molecule has 0 aliphatic heterocycles. The summed E-state index contributed by atoms with van der Waals surface area (Å²) in [5, 5.41) is 0. The molecule has 0 spiro atoms. The van der Waals surface area contributed by atoms with Gasteiger partial charge in [-0.25, -0.2) is 17.5 Å². The van der Waals surface area contributed by atoms with E-state index in [1.807, 2.05) is 0 Å². The van der Waals surface area contributed by atoms with E-state index in [0.717, 1.165) is 11.6 Å². The lowest BCUT2D eigenvalue weighted by Gasteiger charge is -2.11. The Morgan fingerprint density at radius 3 is 2.60 bits per heavy atom. The summed E-state index contributed by atoms with van der Waals surface area (Å²) < 4.78 is 40.3. The van der Waals surface area contributed by atoms with Crippen LogP contribution in [0.3, 0.4) is 0 Å². The molecule has 0 aliphatic rings. The van der Waals surface area contributed by atoms with Crippen molar-refractivity contribution in [1.82, 2.24) is 9.71 Å². The molecular formula is C13H14FN3O2S. The van der Waals surface area contributed by atoms with Crippen LogP contribution in [-0.2, 0) is 16.6 Å². The standard InChI is InChI=1S/C13H14FN3O2S/c1-9-12(14)6-11(15)7-13(9)20(18,19)17-8-10-2-4-16-5-3-10/h2-7,17H,8,15H2,1H3. The molecule has 0 aliphatic carbocycles. The maximum atomic E-state index is 13.6. The van der Waals surface area contributed by atoms with Gasteiger partial charge in [0.1, 0.15) is 5.82 Å². The van der Waals surface area contributed by atoms with E-state index in [4.69, 9.17) is 5.73 Å². The Morgan fingerprint density at radius 2 is 1.95 bits per heavy atom. The van der Waals surface area contributed by atoms with Crippen LogP contribution in [0.15, 0.2) is 41.6 Å². The molecule has 0 atom stereocenters. The molecule has 2 rings (SSSR count). The van der Waals surface area contributed by atoms with Gasteiger partial charge in [0.15, 0.2) is 0 Å². The van der Waals surface area contributed by atoms with Crippen molar-refractivity contribution in [2.45, 2.75) is 18.4 Å². The second-order valence-corrected chi connectivity index (χ2v) is 6.04. The van der Waals surface area contributed by atoms with E-state index < -0.39 is 15.8 Å². The molecule has 1 aromatic carbocycles. The Morgan fingerprint density at radius 1 is 1.30 bits per heavy atom. The number of nitrogen functional groups attached to an aromatic ring is 1. The first kappa shape index (κ1) is 14.4. The first-order chi connectivity index (χ1) is 9.40. The second-order valence-electron chi connectivity index (χ2n) is 4.31. The van der Waals surface area contributed by atoms with Gasteiger partial charge in [-0.15, -0.1) is 0 Å². The molecule has 7 heteroatoms. The number of pyridine rings is 1. The van der Waals surface area contributed by atoms with Crippen molar-refractivity contribution in [3.8, 4) is 0 Å². The van der Waals surface area contributed by atoms with Gasteiger partial charge >= 0.3 is 0 Å². The van der Waals surface area contributed by atoms with Crippen LogP contribution in [0.2, 0.25) is 0 Å². The van der Waals surface area contributed by atoms with Gasteiger partial charge in [-0.05, 0) is 36.8 Å². The molecule has 0 fully saturated rings. The van der Waals surface area contributed by atoms with Crippen molar-refractivity contribution in [1.29, 1.82) is 0 Å². The normalized spacial score (nSPS) is 11.5. The quantitative estimate of drug-likeness (QED) is 0.839. The maximum Gasteiger partial charge on any atom is 0.241 e. The molecule has 0 amide bonds. The van der Waals surface area contributed by atoms with Crippen LogP contribution in [0.1, 0.15) is 11.1 Å². The molecule has 0 saturated heterocycles. The van der Waals surface area contributed by atoms with Gasteiger partial charge in [0, 0.05) is 30.2 Å². The summed E-state index contributed by atoms with van der Waals surface area (Å²) in [4.78, 5) is 3.69. The van der Waals surface area contributed by atoms with Gasteiger partial charge in [-0.1, -0.05) is 0 Å². The zero-order chi connectivity index (χ0) is 14.8. The summed E-state index contributed by atoms with van der Waals surface area (Å²) in [5.74, 6) is -0.644. The van der Waals surface area contributed by atoms with Crippen molar-refractivity contribution in [2.24, 2.45) is 0 Å². The average molecular weight is 295 g/mol. The summed E-state index contributed by atoms with van der Waals surface area (Å²) in [6, 6.07) is 5.72. The highest BCUT2D eigenvalue weighted by Crippen LogP contribution is 2.21. The molecular weight excluding hydrogens is 281 g/mol. The molecule has 2 aromatic rings. The highest BCUT2D eigenvalue weighted by Gasteiger charge is 2.19. The van der Waals surface area contributed by atoms with Crippen LogP contribution in [-0.4, -0.2) is 13.4 Å². The van der Waals surface area contributed by atoms with Crippen molar-refractivity contribution >= 4 is 15.7 Å². The van der Waals surface area contributed by atoms with Crippen LogP contribution >= 0.6 is 0 Å². The Kier molecular flexibility index (Phi) is 4.01. The lowest BCUT2D eigenvalue weighted by molar-refractivity contribution is 0.574. The molecule has 5 nitrogen and oxygen atoms in total. The third-order valence-corrected chi connectivity index (χ3v) is 4.35. The molecule has 1 heterocycles. The molecule has 20 heavy (non-hydrogen) atoms. The van der Waals surface area contributed by atoms with E-state index in [9.17, 15) is 12.8 Å². The Hall–Kier alpha value is -1.99. The fraction of sp³-hybridized carbons (Fsp3) is 0.154. The predicted molar refractivity (Wildman–Crippen MR) is 73.8 cm³/mol. The smallest absolute Gasteiger partial charge is 0.241 e. The van der Waals surface area contributed by atoms with E-state index in [-0.39, 0.29) is 22.7 Å². The number of nitrogens with zero attached hydrogens (tertiary/aromatic N) is 1. The summed E-state index contributed by atoms with van der Waals surface area (Å²) in [6.07, 6.45) is 3.13. The second kappa shape index (κ2) is 5.56. The molecule has 1 aromatic heterocycles. The summed E-state index contributed by atoms with van der Waals surface area (Å²) >= 11 is 0. The number of hydrogen-bond acceptors (Lipinski definition) is 4. The SMILES string of the molecule is Cc1c(F)cc(N)cc1S(=O)(=O)NCc1ccncc1. The maximum absolute atomic E-state index is 13.6. The van der Waals surface area contributed by atoms with Gasteiger partial charge in [0.25, 0.3) is 0 Å². The van der Waals surface area contributed by atoms with Crippen molar-refractivity contribution in [3.05, 3.63) is 53.6 Å². The van der Waals surface area contributed by atoms with E-state index in [1.165, 1.54) is 13.0 Å².